The fourth-order valence-electron chi connectivity index (χ4n) is 2.35. The van der Waals surface area contributed by atoms with Gasteiger partial charge < -0.3 is 15.0 Å². The molecular formula is C16H18N2O3. The number of pyridine rings is 1. The second-order valence-corrected chi connectivity index (χ2v) is 4.81. The first-order chi connectivity index (χ1) is 9.97. The number of hydrogen-bond acceptors (Lipinski definition) is 3. The van der Waals surface area contributed by atoms with Crippen LogP contribution in [0.5, 0.6) is 0 Å². The van der Waals surface area contributed by atoms with Gasteiger partial charge in [-0.05, 0) is 37.1 Å². The first kappa shape index (κ1) is 14.8. The molecule has 1 heterocycles. The Morgan fingerprint density at radius 3 is 2.57 bits per heavy atom. The molecule has 0 fully saturated rings. The summed E-state index contributed by atoms with van der Waals surface area (Å²) in [6.07, 6.45) is 1.40. The molecule has 5 heteroatoms. The van der Waals surface area contributed by atoms with Gasteiger partial charge in [0.2, 0.25) is 0 Å². The van der Waals surface area contributed by atoms with Crippen molar-refractivity contribution in [2.24, 2.45) is 0 Å². The number of carboxylic acid groups (broad SMARTS) is 1. The Morgan fingerprint density at radius 2 is 2.05 bits per heavy atom. The summed E-state index contributed by atoms with van der Waals surface area (Å²) in [5, 5.41) is 12.1. The maximum absolute atomic E-state index is 11.9. The fraction of sp³-hybridized carbons (Fsp3) is 0.250. The molecule has 0 atom stereocenters. The zero-order valence-electron chi connectivity index (χ0n) is 12.3. The number of benzene rings is 1. The molecule has 0 bridgehead atoms. The molecule has 0 unspecified atom stereocenters. The highest BCUT2D eigenvalue weighted by Gasteiger charge is 2.13. The Kier molecular flexibility index (Phi) is 4.12. The number of anilines is 1. The van der Waals surface area contributed by atoms with E-state index in [0.29, 0.717) is 6.54 Å². The highest BCUT2D eigenvalue weighted by Crippen LogP contribution is 2.24. The van der Waals surface area contributed by atoms with Gasteiger partial charge in [-0.1, -0.05) is 6.07 Å². The number of rotatable bonds is 4. The summed E-state index contributed by atoms with van der Waals surface area (Å²) >= 11 is 0. The molecule has 0 aliphatic heterocycles. The van der Waals surface area contributed by atoms with E-state index in [0.717, 1.165) is 22.5 Å². The molecule has 0 amide bonds. The molecule has 21 heavy (non-hydrogen) atoms. The average molecular weight is 286 g/mol. The number of carboxylic acids is 1. The number of aromatic nitrogens is 1. The molecule has 110 valence electrons. The van der Waals surface area contributed by atoms with Crippen LogP contribution in [-0.4, -0.2) is 22.7 Å². The molecule has 5 nitrogen and oxygen atoms in total. The van der Waals surface area contributed by atoms with Crippen molar-refractivity contribution in [1.82, 2.24) is 4.57 Å². The standard InChI is InChI=1S/C16H18N2O3/c1-4-18-9-12(16(20)21)15(19)8-14(18)11-5-6-13(17-3)10(2)7-11/h5-9,17H,4H2,1-3H3,(H,20,21). The second kappa shape index (κ2) is 5.83. The van der Waals surface area contributed by atoms with Crippen LogP contribution < -0.4 is 10.7 Å². The van der Waals surface area contributed by atoms with Gasteiger partial charge in [0.1, 0.15) is 5.56 Å². The maximum atomic E-state index is 11.9. The molecule has 2 rings (SSSR count). The van der Waals surface area contributed by atoms with Gasteiger partial charge in [0.25, 0.3) is 0 Å². The monoisotopic (exact) mass is 286 g/mol. The number of nitrogens with zero attached hydrogens (tertiary/aromatic N) is 1. The molecule has 1 aromatic carbocycles. The number of nitrogens with one attached hydrogen (secondary N) is 1. The lowest BCUT2D eigenvalue weighted by atomic mass is 10.0. The minimum atomic E-state index is -1.20. The summed E-state index contributed by atoms with van der Waals surface area (Å²) in [4.78, 5) is 23.0. The van der Waals surface area contributed by atoms with E-state index in [1.807, 2.05) is 39.1 Å². The predicted octanol–water partition coefficient (Wildman–Crippen LogP) is 2.58. The van der Waals surface area contributed by atoms with Gasteiger partial charge >= 0.3 is 5.97 Å². The third kappa shape index (κ3) is 2.81. The van der Waals surface area contributed by atoms with E-state index in [1.165, 1.54) is 12.3 Å². The van der Waals surface area contributed by atoms with Gasteiger partial charge in [0.15, 0.2) is 5.43 Å². The van der Waals surface area contributed by atoms with E-state index in [2.05, 4.69) is 5.32 Å². The third-order valence-electron chi connectivity index (χ3n) is 3.49. The number of aryl methyl sites for hydroxylation is 2. The van der Waals surface area contributed by atoms with Crippen LogP contribution in [0.25, 0.3) is 11.3 Å². The van der Waals surface area contributed by atoms with Crippen molar-refractivity contribution in [1.29, 1.82) is 0 Å². The van der Waals surface area contributed by atoms with E-state index in [1.54, 1.807) is 4.57 Å². The van der Waals surface area contributed by atoms with Crippen molar-refractivity contribution in [3.05, 3.63) is 51.8 Å². The minimum Gasteiger partial charge on any atom is -0.477 e. The number of aromatic carboxylic acids is 1. The summed E-state index contributed by atoms with van der Waals surface area (Å²) < 4.78 is 1.78. The van der Waals surface area contributed by atoms with Crippen LogP contribution in [0.2, 0.25) is 0 Å². The summed E-state index contributed by atoms with van der Waals surface area (Å²) in [6.45, 7) is 4.48. The number of carbonyl (C=O) groups is 1. The molecule has 0 aliphatic carbocycles. The molecule has 1 aromatic heterocycles. The summed E-state index contributed by atoms with van der Waals surface area (Å²) in [5.41, 5.74) is 3.01. The Bertz CT molecular complexity index is 748. The van der Waals surface area contributed by atoms with Crippen molar-refractivity contribution >= 4 is 11.7 Å². The van der Waals surface area contributed by atoms with Crippen molar-refractivity contribution in [2.45, 2.75) is 20.4 Å². The average Bonchev–Trinajstić information content (AvgIpc) is 2.46. The van der Waals surface area contributed by atoms with Gasteiger partial charge in [-0.15, -0.1) is 0 Å². The van der Waals surface area contributed by atoms with Gasteiger partial charge in [0.05, 0.1) is 5.69 Å². The van der Waals surface area contributed by atoms with Crippen LogP contribution in [-0.2, 0) is 6.54 Å². The smallest absolute Gasteiger partial charge is 0.341 e. The van der Waals surface area contributed by atoms with E-state index in [4.69, 9.17) is 5.11 Å². The lowest BCUT2D eigenvalue weighted by molar-refractivity contribution is 0.0694. The van der Waals surface area contributed by atoms with Crippen LogP contribution >= 0.6 is 0 Å². The fourth-order valence-corrected chi connectivity index (χ4v) is 2.35. The Morgan fingerprint density at radius 1 is 1.33 bits per heavy atom. The third-order valence-corrected chi connectivity index (χ3v) is 3.49. The summed E-state index contributed by atoms with van der Waals surface area (Å²) in [6, 6.07) is 7.23. The van der Waals surface area contributed by atoms with E-state index in [9.17, 15) is 9.59 Å². The molecule has 0 spiro atoms. The van der Waals surface area contributed by atoms with Crippen LogP contribution in [0.1, 0.15) is 22.8 Å². The van der Waals surface area contributed by atoms with Gasteiger partial charge in [0, 0.05) is 31.5 Å². The van der Waals surface area contributed by atoms with Crippen LogP contribution in [0, 0.1) is 6.92 Å². The lowest BCUT2D eigenvalue weighted by Crippen LogP contribution is -2.18. The van der Waals surface area contributed by atoms with Gasteiger partial charge in [-0.2, -0.15) is 0 Å². The maximum Gasteiger partial charge on any atom is 0.341 e. The molecule has 0 radical (unpaired) electrons. The van der Waals surface area contributed by atoms with Gasteiger partial charge in [-0.3, -0.25) is 4.79 Å². The van der Waals surface area contributed by atoms with Crippen LogP contribution in [0.4, 0.5) is 5.69 Å². The first-order valence-corrected chi connectivity index (χ1v) is 6.74. The molecule has 2 aromatic rings. The summed E-state index contributed by atoms with van der Waals surface area (Å²) in [5.74, 6) is -1.20. The summed E-state index contributed by atoms with van der Waals surface area (Å²) in [7, 11) is 1.85. The molecule has 0 aliphatic rings. The van der Waals surface area contributed by atoms with Crippen molar-refractivity contribution in [3.8, 4) is 11.3 Å². The topological polar surface area (TPSA) is 71.3 Å². The van der Waals surface area contributed by atoms with Crippen LogP contribution in [0.3, 0.4) is 0 Å². The SMILES string of the molecule is CCn1cc(C(=O)O)c(=O)cc1-c1ccc(NC)c(C)c1. The van der Waals surface area contributed by atoms with Crippen molar-refractivity contribution < 1.29 is 9.90 Å². The highest BCUT2D eigenvalue weighted by atomic mass is 16.4. The largest absolute Gasteiger partial charge is 0.477 e. The van der Waals surface area contributed by atoms with E-state index in [-0.39, 0.29) is 5.56 Å². The molecule has 0 saturated heterocycles. The van der Waals surface area contributed by atoms with Crippen LogP contribution in [0.15, 0.2) is 35.3 Å². The Labute approximate surface area is 122 Å². The normalized spacial score (nSPS) is 10.4. The van der Waals surface area contributed by atoms with E-state index >= 15 is 0 Å². The Hall–Kier alpha value is -2.56. The molecular weight excluding hydrogens is 268 g/mol. The second-order valence-electron chi connectivity index (χ2n) is 4.81. The van der Waals surface area contributed by atoms with Crippen molar-refractivity contribution in [2.75, 3.05) is 12.4 Å². The highest BCUT2D eigenvalue weighted by molar-refractivity contribution is 5.87. The quantitative estimate of drug-likeness (QED) is 0.906. The van der Waals surface area contributed by atoms with Gasteiger partial charge in [-0.25, -0.2) is 4.79 Å². The Balaban J connectivity index is 2.63. The zero-order chi connectivity index (χ0) is 15.6. The molecule has 0 saturated carbocycles. The van der Waals surface area contributed by atoms with E-state index < -0.39 is 11.4 Å². The minimum absolute atomic E-state index is 0.204. The number of hydrogen-bond donors (Lipinski definition) is 2. The van der Waals surface area contributed by atoms with Crippen molar-refractivity contribution in [3.63, 3.8) is 0 Å². The predicted molar refractivity (Wildman–Crippen MR) is 83.1 cm³/mol. The zero-order valence-corrected chi connectivity index (χ0v) is 12.3. The lowest BCUT2D eigenvalue weighted by Gasteiger charge is -2.14. The molecule has 2 N–H and O–H groups in total. The first-order valence-electron chi connectivity index (χ1n) is 6.74.